The van der Waals surface area contributed by atoms with Crippen LogP contribution in [-0.2, 0) is 27.2 Å². The Bertz CT molecular complexity index is 3220. The summed E-state index contributed by atoms with van der Waals surface area (Å²) >= 11 is 3.21. The molecule has 0 unspecified atom stereocenters. The molecule has 5 N–H and O–H groups in total. The molecule has 0 spiro atoms. The van der Waals surface area contributed by atoms with E-state index in [1.54, 1.807) is 129 Å². The standard InChI is InChI=1S/C33H33N3O4S.C28H25N3O2S/c1-33(2,3)40-32(39)36-28-19-17-25(30-11-7-21-41-30)22-29(28)35-31(38)24-15-12-23(13-16-24)14-18-27(37)10-6-9-26-8-4-5-20-34-26;29-25-16-14-22(27-8-4-18-34-27)19-26(25)31-28(33)21-12-9-20(10-13-21)11-15-24(32)7-3-6-23-5-1-2-17-30-23/h4-5,7-8,11-22H,6,9-10H2,1-3H3,(H,35,38)(H,36,39);1-2,4-5,8-19H,3,6-7,29H2,(H,31,33)/b18-14+;15-11+. The zero-order valence-corrected chi connectivity index (χ0v) is 43.6. The Morgan fingerprint density at radius 1 is 0.547 bits per heavy atom. The minimum atomic E-state index is -0.662. The Hall–Kier alpha value is -8.59. The minimum Gasteiger partial charge on any atom is -0.444 e. The van der Waals surface area contributed by atoms with E-state index in [9.17, 15) is 24.0 Å². The Balaban J connectivity index is 0.000000222. The molecule has 4 heterocycles. The molecule has 0 bridgehead atoms. The third kappa shape index (κ3) is 17.6. The van der Waals surface area contributed by atoms with Crippen molar-refractivity contribution in [3.05, 3.63) is 215 Å². The van der Waals surface area contributed by atoms with Crippen LogP contribution in [0.25, 0.3) is 33.0 Å². The number of amides is 3. The molecule has 0 aliphatic carbocycles. The molecule has 4 aromatic carbocycles. The van der Waals surface area contributed by atoms with Crippen LogP contribution in [0.1, 0.15) is 89.7 Å². The molecule has 14 heteroatoms. The molecule has 12 nitrogen and oxygen atoms in total. The Kier molecular flexibility index (Phi) is 19.4. The number of aromatic nitrogens is 2. The van der Waals surface area contributed by atoms with Gasteiger partial charge in [-0.15, -0.1) is 22.7 Å². The van der Waals surface area contributed by atoms with Crippen LogP contribution in [0.2, 0.25) is 0 Å². The van der Waals surface area contributed by atoms with E-state index in [0.29, 0.717) is 46.7 Å². The maximum Gasteiger partial charge on any atom is 0.412 e. The number of ether oxygens (including phenoxy) is 1. The summed E-state index contributed by atoms with van der Waals surface area (Å²) in [6.07, 6.45) is 13.5. The summed E-state index contributed by atoms with van der Waals surface area (Å²) in [4.78, 5) is 73.5. The summed E-state index contributed by atoms with van der Waals surface area (Å²) in [7, 11) is 0. The average molecular weight is 1040 g/mol. The lowest BCUT2D eigenvalue weighted by Crippen LogP contribution is -2.27. The molecule has 0 radical (unpaired) electrons. The van der Waals surface area contributed by atoms with Crippen LogP contribution < -0.4 is 21.7 Å². The van der Waals surface area contributed by atoms with Crippen molar-refractivity contribution in [2.45, 2.75) is 64.9 Å². The quantitative estimate of drug-likeness (QED) is 0.0452. The number of carbonyl (C=O) groups is 5. The fourth-order valence-corrected chi connectivity index (χ4v) is 8.88. The van der Waals surface area contributed by atoms with Crippen molar-refractivity contribution < 1.29 is 28.7 Å². The van der Waals surface area contributed by atoms with Gasteiger partial charge < -0.3 is 21.1 Å². The van der Waals surface area contributed by atoms with E-state index in [1.807, 2.05) is 108 Å². The van der Waals surface area contributed by atoms with Crippen molar-refractivity contribution in [1.82, 2.24) is 9.97 Å². The first-order chi connectivity index (χ1) is 36.2. The van der Waals surface area contributed by atoms with Crippen molar-refractivity contribution in [3.8, 4) is 20.9 Å². The molecule has 8 aromatic rings. The number of rotatable bonds is 19. The number of ketones is 2. The highest BCUT2D eigenvalue weighted by Crippen LogP contribution is 2.33. The number of nitrogen functional groups attached to an aromatic ring is 1. The van der Waals surface area contributed by atoms with Crippen LogP contribution in [0.5, 0.6) is 0 Å². The fraction of sp³-hybridized carbons (Fsp3) is 0.164. The first-order valence-electron chi connectivity index (χ1n) is 24.4. The predicted octanol–water partition coefficient (Wildman–Crippen LogP) is 14.3. The highest BCUT2D eigenvalue weighted by atomic mass is 32.1. The van der Waals surface area contributed by atoms with Crippen LogP contribution >= 0.6 is 22.7 Å². The van der Waals surface area contributed by atoms with Gasteiger partial charge in [-0.3, -0.25) is 34.5 Å². The van der Waals surface area contributed by atoms with Crippen molar-refractivity contribution in [1.29, 1.82) is 0 Å². The van der Waals surface area contributed by atoms with Gasteiger partial charge in [0.1, 0.15) is 5.60 Å². The minimum absolute atomic E-state index is 0.0402. The molecule has 3 amide bonds. The number of aryl methyl sites for hydroxylation is 2. The summed E-state index contributed by atoms with van der Waals surface area (Å²) in [5, 5.41) is 12.5. The van der Waals surface area contributed by atoms with E-state index in [4.69, 9.17) is 10.5 Å². The average Bonchev–Trinajstić information content (AvgIpc) is 4.16. The van der Waals surface area contributed by atoms with E-state index >= 15 is 0 Å². The molecule has 8 rings (SSSR count). The number of nitrogens with zero attached hydrogens (tertiary/aromatic N) is 2. The van der Waals surface area contributed by atoms with Gasteiger partial charge in [0.2, 0.25) is 0 Å². The Morgan fingerprint density at radius 2 is 1.03 bits per heavy atom. The van der Waals surface area contributed by atoms with E-state index < -0.39 is 11.7 Å². The highest BCUT2D eigenvalue weighted by Gasteiger charge is 2.19. The molecule has 75 heavy (non-hydrogen) atoms. The summed E-state index contributed by atoms with van der Waals surface area (Å²) in [5.41, 5.74) is 13.9. The normalized spacial score (nSPS) is 11.1. The van der Waals surface area contributed by atoms with Crippen molar-refractivity contribution in [2.24, 2.45) is 0 Å². The second-order valence-corrected chi connectivity index (χ2v) is 20.1. The van der Waals surface area contributed by atoms with Gasteiger partial charge in [-0.1, -0.05) is 72.8 Å². The number of allylic oxidation sites excluding steroid dienone is 2. The predicted molar refractivity (Wildman–Crippen MR) is 305 cm³/mol. The zero-order valence-electron chi connectivity index (χ0n) is 42.0. The fourth-order valence-electron chi connectivity index (χ4n) is 7.43. The van der Waals surface area contributed by atoms with Crippen LogP contribution in [0.3, 0.4) is 0 Å². The van der Waals surface area contributed by atoms with Crippen molar-refractivity contribution in [3.63, 3.8) is 0 Å². The van der Waals surface area contributed by atoms with E-state index in [-0.39, 0.29) is 23.4 Å². The molecular formula is C61H58N6O6S2. The second kappa shape index (κ2) is 26.9. The largest absolute Gasteiger partial charge is 0.444 e. The smallest absolute Gasteiger partial charge is 0.412 e. The number of carbonyl (C=O) groups excluding carboxylic acids is 5. The second-order valence-electron chi connectivity index (χ2n) is 18.2. The van der Waals surface area contributed by atoms with Gasteiger partial charge in [0, 0.05) is 57.5 Å². The molecule has 0 atom stereocenters. The zero-order chi connectivity index (χ0) is 53.0. The molecule has 4 aromatic heterocycles. The van der Waals surface area contributed by atoms with E-state index in [2.05, 4.69) is 25.9 Å². The van der Waals surface area contributed by atoms with Crippen LogP contribution in [0, 0.1) is 0 Å². The van der Waals surface area contributed by atoms with Crippen molar-refractivity contribution >= 4 is 87.0 Å². The molecule has 0 saturated carbocycles. The van der Waals surface area contributed by atoms with Gasteiger partial charge in [-0.05, 0) is 177 Å². The van der Waals surface area contributed by atoms with Gasteiger partial charge in [0.25, 0.3) is 11.8 Å². The number of benzene rings is 4. The number of nitrogens with one attached hydrogen (secondary N) is 3. The lowest BCUT2D eigenvalue weighted by atomic mass is 10.1. The number of pyridine rings is 2. The molecule has 0 aliphatic rings. The number of nitrogens with two attached hydrogens (primary N) is 1. The molecule has 0 aliphatic heterocycles. The van der Waals surface area contributed by atoms with E-state index in [0.717, 1.165) is 69.1 Å². The molecular weight excluding hydrogens is 977 g/mol. The first kappa shape index (κ1) is 54.2. The van der Waals surface area contributed by atoms with Gasteiger partial charge >= 0.3 is 6.09 Å². The van der Waals surface area contributed by atoms with Gasteiger partial charge in [0.15, 0.2) is 11.6 Å². The number of thiophene rings is 2. The number of anilines is 4. The number of hydrogen-bond donors (Lipinski definition) is 4. The topological polar surface area (TPSA) is 182 Å². The monoisotopic (exact) mass is 1030 g/mol. The Morgan fingerprint density at radius 3 is 1.48 bits per heavy atom. The Labute approximate surface area is 445 Å². The third-order valence-corrected chi connectivity index (χ3v) is 13.1. The first-order valence-corrected chi connectivity index (χ1v) is 26.2. The number of hydrogen-bond acceptors (Lipinski definition) is 11. The molecule has 0 fully saturated rings. The lowest BCUT2D eigenvalue weighted by molar-refractivity contribution is -0.115. The van der Waals surface area contributed by atoms with Gasteiger partial charge in [-0.2, -0.15) is 0 Å². The van der Waals surface area contributed by atoms with Gasteiger partial charge in [0.05, 0.1) is 22.7 Å². The lowest BCUT2D eigenvalue weighted by Gasteiger charge is -2.21. The summed E-state index contributed by atoms with van der Waals surface area (Å²) in [5.74, 6) is -0.463. The van der Waals surface area contributed by atoms with Crippen LogP contribution in [0.15, 0.2) is 181 Å². The highest BCUT2D eigenvalue weighted by molar-refractivity contribution is 7.13. The van der Waals surface area contributed by atoms with E-state index in [1.165, 1.54) is 0 Å². The molecule has 380 valence electrons. The maximum absolute atomic E-state index is 13.2. The van der Waals surface area contributed by atoms with Crippen molar-refractivity contribution in [2.75, 3.05) is 21.7 Å². The SMILES string of the molecule is CC(C)(C)OC(=O)Nc1ccc(-c2cccs2)cc1NC(=O)c1ccc(/C=C/C(=O)CCCc2ccccn2)cc1.Nc1ccc(-c2cccs2)cc1NC(=O)c1ccc(/C=C/C(=O)CCCc2ccccn2)cc1. The summed E-state index contributed by atoms with van der Waals surface area (Å²) in [6, 6.07) is 44.7. The summed E-state index contributed by atoms with van der Waals surface area (Å²) < 4.78 is 5.39. The van der Waals surface area contributed by atoms with Crippen LogP contribution in [0.4, 0.5) is 27.5 Å². The molecule has 0 saturated heterocycles. The van der Waals surface area contributed by atoms with Gasteiger partial charge in [-0.25, -0.2) is 4.79 Å². The van der Waals surface area contributed by atoms with Crippen LogP contribution in [-0.4, -0.2) is 45.0 Å². The third-order valence-electron chi connectivity index (χ3n) is 11.2. The maximum atomic E-state index is 13.2. The summed E-state index contributed by atoms with van der Waals surface area (Å²) in [6.45, 7) is 5.36.